The predicted molar refractivity (Wildman–Crippen MR) is 88.0 cm³/mol. The molecule has 2 heterocycles. The number of nitrogens with one attached hydrogen (secondary N) is 1. The van der Waals surface area contributed by atoms with Gasteiger partial charge in [0.1, 0.15) is 18.3 Å². The van der Waals surface area contributed by atoms with Gasteiger partial charge in [-0.3, -0.25) is 0 Å². The van der Waals surface area contributed by atoms with Crippen molar-refractivity contribution in [1.82, 2.24) is 5.32 Å². The molecule has 0 aliphatic carbocycles. The molecule has 0 bridgehead atoms. The summed E-state index contributed by atoms with van der Waals surface area (Å²) in [4.78, 5) is 3.96. The van der Waals surface area contributed by atoms with Crippen LogP contribution in [0.15, 0.2) is 29.0 Å². The molecule has 0 aromatic rings. The number of aliphatic imine (C=N–C) groups is 1. The van der Waals surface area contributed by atoms with E-state index in [4.69, 9.17) is 10.5 Å². The maximum absolute atomic E-state index is 10.2. The van der Waals surface area contributed by atoms with Crippen molar-refractivity contribution in [2.45, 2.75) is 30.8 Å². The van der Waals surface area contributed by atoms with E-state index >= 15 is 0 Å². The summed E-state index contributed by atoms with van der Waals surface area (Å²) in [5, 5.41) is 23.2. The summed E-state index contributed by atoms with van der Waals surface area (Å²) >= 11 is 0. The average Bonchev–Trinajstić information content (AvgIpc) is 2.64. The second-order valence-corrected chi connectivity index (χ2v) is 10.5. The first-order valence-corrected chi connectivity index (χ1v) is 9.93. The van der Waals surface area contributed by atoms with Crippen molar-refractivity contribution < 1.29 is 14.9 Å². The van der Waals surface area contributed by atoms with Crippen LogP contribution in [0.1, 0.15) is 6.42 Å². The minimum atomic E-state index is -1.19. The molecule has 1 unspecified atom stereocenters. The second-order valence-electron chi connectivity index (χ2n) is 6.23. The van der Waals surface area contributed by atoms with Crippen molar-refractivity contribution in [2.75, 3.05) is 19.5 Å². The van der Waals surface area contributed by atoms with Crippen LogP contribution in [0.2, 0.25) is 0 Å². The molecule has 0 saturated carbocycles. The average molecular weight is 313 g/mol. The molecule has 4 atom stereocenters. The Labute approximate surface area is 125 Å². The highest BCUT2D eigenvalue weighted by Gasteiger charge is 2.44. The Morgan fingerprint density at radius 3 is 2.67 bits per heavy atom. The largest absolute Gasteiger partial charge is 0.388 e. The van der Waals surface area contributed by atoms with Gasteiger partial charge in [-0.05, 0) is 25.9 Å². The van der Waals surface area contributed by atoms with E-state index in [9.17, 15) is 10.2 Å². The van der Waals surface area contributed by atoms with Crippen LogP contribution >= 0.6 is 6.89 Å². The van der Waals surface area contributed by atoms with Gasteiger partial charge in [-0.25, -0.2) is 4.99 Å². The molecule has 2 aliphatic heterocycles. The summed E-state index contributed by atoms with van der Waals surface area (Å²) in [6, 6.07) is 0. The van der Waals surface area contributed by atoms with E-state index in [1.54, 1.807) is 0 Å². The molecule has 0 spiro atoms. The number of aliphatic hydroxyl groups excluding tert-OH is 2. The minimum Gasteiger partial charge on any atom is -0.388 e. The third-order valence-corrected chi connectivity index (χ3v) is 5.13. The number of guanidine groups is 1. The molecule has 7 heteroatoms. The van der Waals surface area contributed by atoms with Crippen LogP contribution in [0.5, 0.6) is 0 Å². The van der Waals surface area contributed by atoms with E-state index in [1.165, 1.54) is 6.20 Å². The first-order valence-electron chi connectivity index (χ1n) is 6.87. The van der Waals surface area contributed by atoms with Crippen LogP contribution in [0.25, 0.3) is 0 Å². The number of hydrogen-bond acceptors (Lipinski definition) is 6. The number of nitrogens with two attached hydrogens (primary N) is 1. The first-order chi connectivity index (χ1) is 9.69. The van der Waals surface area contributed by atoms with E-state index in [0.29, 0.717) is 17.7 Å². The Balaban J connectivity index is 2.10. The van der Waals surface area contributed by atoms with Crippen molar-refractivity contribution >= 4 is 19.1 Å². The van der Waals surface area contributed by atoms with E-state index in [-0.39, 0.29) is 5.96 Å². The highest BCUT2D eigenvalue weighted by Crippen LogP contribution is 2.39. The van der Waals surface area contributed by atoms with Crippen LogP contribution in [0, 0.1) is 0 Å². The Hall–Kier alpha value is -1.07. The van der Waals surface area contributed by atoms with Crippen LogP contribution in [0.3, 0.4) is 0 Å². The zero-order chi connectivity index (χ0) is 15.8. The van der Waals surface area contributed by atoms with E-state index in [0.717, 1.165) is 6.16 Å². The molecular weight excluding hydrogens is 289 g/mol. The van der Waals surface area contributed by atoms with Crippen LogP contribution in [-0.2, 0) is 4.74 Å². The maximum atomic E-state index is 10.2. The fourth-order valence-corrected chi connectivity index (χ4v) is 3.40. The van der Waals surface area contributed by atoms with Gasteiger partial charge >= 0.3 is 0 Å². The Morgan fingerprint density at radius 1 is 1.43 bits per heavy atom. The lowest BCUT2D eigenvalue weighted by atomic mass is 9.99. The van der Waals surface area contributed by atoms with Crippen molar-refractivity contribution in [3.8, 4) is 0 Å². The molecule has 0 radical (unpaired) electrons. The van der Waals surface area contributed by atoms with Gasteiger partial charge in [0.2, 0.25) is 0 Å². The zero-order valence-electron chi connectivity index (χ0n) is 12.5. The van der Waals surface area contributed by atoms with Gasteiger partial charge in [-0.15, -0.1) is 13.2 Å². The predicted octanol–water partition coefficient (Wildman–Crippen LogP) is -0.110. The lowest BCUT2D eigenvalue weighted by Crippen LogP contribution is -2.39. The van der Waals surface area contributed by atoms with Crippen LogP contribution in [-0.4, -0.2) is 66.4 Å². The molecule has 1 saturated heterocycles. The summed E-state index contributed by atoms with van der Waals surface area (Å²) in [7, 11) is 0. The molecule has 2 rings (SSSR count). The highest BCUT2D eigenvalue weighted by atomic mass is 31.2. The fourth-order valence-electron chi connectivity index (χ4n) is 2.44. The van der Waals surface area contributed by atoms with Crippen molar-refractivity contribution in [3.05, 3.63) is 24.0 Å². The molecular formula is C14H24N3O3P. The third-order valence-electron chi connectivity index (χ3n) is 3.66. The summed E-state index contributed by atoms with van der Waals surface area (Å²) in [5.41, 5.74) is 6.69. The first kappa shape index (κ1) is 16.3. The molecule has 0 aromatic carbocycles. The normalized spacial score (nSPS) is 33.4. The van der Waals surface area contributed by atoms with Gasteiger partial charge in [0.15, 0.2) is 5.96 Å². The molecule has 6 nitrogen and oxygen atoms in total. The fraction of sp³-hybridized carbons (Fsp3) is 0.571. The molecule has 21 heavy (non-hydrogen) atoms. The van der Waals surface area contributed by atoms with Gasteiger partial charge in [0.05, 0.1) is 6.10 Å². The summed E-state index contributed by atoms with van der Waals surface area (Å²) < 4.78 is 5.84. The smallest absolute Gasteiger partial charge is 0.197 e. The van der Waals surface area contributed by atoms with E-state index in [1.807, 2.05) is 0 Å². The van der Waals surface area contributed by atoms with Crippen LogP contribution in [0.4, 0.5) is 0 Å². The van der Waals surface area contributed by atoms with Crippen molar-refractivity contribution in [1.29, 1.82) is 0 Å². The molecule has 2 aliphatic rings. The van der Waals surface area contributed by atoms with Gasteiger partial charge in [-0.1, -0.05) is 6.58 Å². The molecule has 1 fully saturated rings. The molecule has 0 amide bonds. The summed E-state index contributed by atoms with van der Waals surface area (Å²) in [6.07, 6.45) is 4.29. The van der Waals surface area contributed by atoms with Crippen molar-refractivity contribution in [3.63, 3.8) is 0 Å². The Morgan fingerprint density at radius 2 is 2.10 bits per heavy atom. The monoisotopic (exact) mass is 313 g/mol. The SMILES string of the molecule is C=C1NC(N)=NC=C1[C@@H]1O[C@H](CCP(=C)(C)C)[C@@H](O)C1O. The standard InChI is InChI=1S/C14H24N3O3P/c1-8-9(7-16-14(15)17-8)13-12(19)11(18)10(20-13)5-6-21(2,3)4/h7,10-13,18-19H,1-2,5-6H2,3-4H3,(H3,15,16,17)/t10-,11-,12?,13+/m1/s1. The Kier molecular flexibility index (Phi) is 4.63. The minimum absolute atomic E-state index is 0.247. The lowest BCUT2D eigenvalue weighted by molar-refractivity contribution is 0.0189. The number of rotatable bonds is 4. The van der Waals surface area contributed by atoms with Gasteiger partial charge < -0.3 is 26.0 Å². The molecule has 0 aromatic heterocycles. The second kappa shape index (κ2) is 5.97. The quantitative estimate of drug-likeness (QED) is 0.543. The third kappa shape index (κ3) is 3.77. The molecule has 5 N–H and O–H groups in total. The molecule has 118 valence electrons. The number of ether oxygens (including phenoxy) is 1. The van der Waals surface area contributed by atoms with Crippen molar-refractivity contribution in [2.24, 2.45) is 10.7 Å². The number of nitrogens with zero attached hydrogens (tertiary/aromatic N) is 1. The summed E-state index contributed by atoms with van der Waals surface area (Å²) in [5.74, 6) is 0.247. The summed E-state index contributed by atoms with van der Waals surface area (Å²) in [6.45, 7) is 6.92. The number of hydrogen-bond donors (Lipinski definition) is 4. The van der Waals surface area contributed by atoms with Gasteiger partial charge in [0.25, 0.3) is 0 Å². The maximum Gasteiger partial charge on any atom is 0.197 e. The lowest BCUT2D eigenvalue weighted by Gasteiger charge is -2.23. The van der Waals surface area contributed by atoms with E-state index < -0.39 is 31.3 Å². The van der Waals surface area contributed by atoms with Gasteiger partial charge in [0, 0.05) is 17.5 Å². The van der Waals surface area contributed by atoms with Crippen LogP contribution < -0.4 is 11.1 Å². The number of aliphatic hydroxyl groups is 2. The highest BCUT2D eigenvalue weighted by molar-refractivity contribution is 7.72. The topological polar surface area (TPSA) is 100 Å². The zero-order valence-corrected chi connectivity index (χ0v) is 13.4. The Bertz CT molecular complexity index is 538. The van der Waals surface area contributed by atoms with Gasteiger partial charge in [-0.2, -0.15) is 0 Å². The van der Waals surface area contributed by atoms with E-state index in [2.05, 4.69) is 36.5 Å².